The van der Waals surface area contributed by atoms with Crippen molar-refractivity contribution in [1.82, 2.24) is 4.98 Å². The Morgan fingerprint density at radius 2 is 1.93 bits per heavy atom. The van der Waals surface area contributed by atoms with Gasteiger partial charge in [0.2, 0.25) is 21.8 Å². The Balaban J connectivity index is 2.24. The average Bonchev–Trinajstić information content (AvgIpc) is 2.65. The summed E-state index contributed by atoms with van der Waals surface area (Å²) in [5.74, 6) is 0.844. The van der Waals surface area contributed by atoms with Gasteiger partial charge in [-0.15, -0.1) is 0 Å². The van der Waals surface area contributed by atoms with Crippen LogP contribution in [0, 0.1) is 17.8 Å². The van der Waals surface area contributed by atoms with Crippen LogP contribution in [-0.2, 0) is 19.6 Å². The molecule has 0 aliphatic heterocycles. The summed E-state index contributed by atoms with van der Waals surface area (Å²) in [6, 6.07) is 2.91. The van der Waals surface area contributed by atoms with Gasteiger partial charge in [-0.2, -0.15) is 9.29 Å². The minimum absolute atomic E-state index is 0.0190. The molecule has 0 spiro atoms. The lowest BCUT2D eigenvalue weighted by atomic mass is 9.75. The number of hydrogen-bond acceptors (Lipinski definition) is 7. The molecule has 8 nitrogen and oxygen atoms in total. The molecule has 0 N–H and O–H groups in total. The predicted molar refractivity (Wildman–Crippen MR) is 111 cm³/mol. The first-order valence-electron chi connectivity index (χ1n) is 9.82. The Labute approximate surface area is 173 Å². The van der Waals surface area contributed by atoms with Crippen LogP contribution in [0.3, 0.4) is 0 Å². The van der Waals surface area contributed by atoms with Gasteiger partial charge in [0.05, 0.1) is 26.6 Å². The summed E-state index contributed by atoms with van der Waals surface area (Å²) in [5, 5.41) is 0. The van der Waals surface area contributed by atoms with Gasteiger partial charge in [0.15, 0.2) is 0 Å². The van der Waals surface area contributed by atoms with E-state index in [4.69, 9.17) is 14.2 Å². The van der Waals surface area contributed by atoms with Crippen molar-refractivity contribution < 1.29 is 27.4 Å². The van der Waals surface area contributed by atoms with Crippen LogP contribution in [0.2, 0.25) is 0 Å². The average molecular weight is 429 g/mol. The number of sulfonamides is 1. The van der Waals surface area contributed by atoms with Crippen molar-refractivity contribution in [2.24, 2.45) is 17.8 Å². The number of ether oxygens (including phenoxy) is 3. The monoisotopic (exact) mass is 428 g/mol. The van der Waals surface area contributed by atoms with Crippen LogP contribution in [0.25, 0.3) is 0 Å². The fourth-order valence-corrected chi connectivity index (χ4v) is 4.79. The smallest absolute Gasteiger partial charge is 0.266 e. The second kappa shape index (κ2) is 9.75. The zero-order valence-corrected chi connectivity index (χ0v) is 18.9. The second-order valence-corrected chi connectivity index (χ2v) is 9.81. The Morgan fingerprint density at radius 1 is 1.24 bits per heavy atom. The largest absolute Gasteiger partial charge is 0.481 e. The van der Waals surface area contributed by atoms with E-state index < -0.39 is 15.9 Å². The van der Waals surface area contributed by atoms with Gasteiger partial charge in [-0.05, 0) is 36.7 Å². The first-order chi connectivity index (χ1) is 13.6. The van der Waals surface area contributed by atoms with Crippen molar-refractivity contribution >= 4 is 21.6 Å². The number of pyridine rings is 1. The molecular formula is C20H32N2O6S. The van der Waals surface area contributed by atoms with E-state index in [2.05, 4.69) is 25.8 Å². The van der Waals surface area contributed by atoms with Crippen molar-refractivity contribution in [3.63, 3.8) is 0 Å². The van der Waals surface area contributed by atoms with Crippen molar-refractivity contribution in [2.45, 2.75) is 46.1 Å². The first-order valence-corrected chi connectivity index (χ1v) is 11.7. The minimum atomic E-state index is -3.92. The molecule has 0 unspecified atom stereocenters. The van der Waals surface area contributed by atoms with E-state index in [0.717, 1.165) is 25.5 Å². The van der Waals surface area contributed by atoms with E-state index in [0.29, 0.717) is 22.1 Å². The van der Waals surface area contributed by atoms with Crippen molar-refractivity contribution in [1.29, 1.82) is 0 Å². The highest BCUT2D eigenvalue weighted by Gasteiger charge is 2.34. The molecule has 1 fully saturated rings. The van der Waals surface area contributed by atoms with Gasteiger partial charge >= 0.3 is 0 Å². The van der Waals surface area contributed by atoms with Gasteiger partial charge in [0.25, 0.3) is 5.91 Å². The Hall–Kier alpha value is -1.87. The maximum Gasteiger partial charge on any atom is 0.266 e. The van der Waals surface area contributed by atoms with Crippen LogP contribution in [0.15, 0.2) is 12.1 Å². The van der Waals surface area contributed by atoms with Crippen molar-refractivity contribution in [3.8, 4) is 11.8 Å². The Morgan fingerprint density at radius 3 is 2.48 bits per heavy atom. The topological polar surface area (TPSA) is 95.0 Å². The molecule has 1 aliphatic carbocycles. The number of aromatic nitrogens is 1. The molecule has 0 bridgehead atoms. The van der Waals surface area contributed by atoms with Crippen molar-refractivity contribution in [3.05, 3.63) is 12.1 Å². The molecule has 0 saturated heterocycles. The Bertz CT molecular complexity index is 811. The molecule has 29 heavy (non-hydrogen) atoms. The first kappa shape index (κ1) is 23.4. The Kier molecular flexibility index (Phi) is 7.87. The molecule has 1 aliphatic rings. The van der Waals surface area contributed by atoms with Crippen LogP contribution < -0.4 is 13.8 Å². The highest BCUT2D eigenvalue weighted by Crippen LogP contribution is 2.36. The van der Waals surface area contributed by atoms with Gasteiger partial charge in [-0.1, -0.05) is 27.2 Å². The maximum atomic E-state index is 12.9. The van der Waals surface area contributed by atoms with Crippen LogP contribution in [0.4, 0.5) is 5.69 Å². The summed E-state index contributed by atoms with van der Waals surface area (Å²) < 4.78 is 41.7. The van der Waals surface area contributed by atoms with E-state index in [1.54, 1.807) is 0 Å². The summed E-state index contributed by atoms with van der Waals surface area (Å²) in [5.41, 5.74) is 0.0295. The third-order valence-electron chi connectivity index (χ3n) is 5.38. The lowest BCUT2D eigenvalue weighted by Crippen LogP contribution is -2.42. The number of rotatable bonds is 8. The second-order valence-electron chi connectivity index (χ2n) is 7.98. The number of nitrogens with zero attached hydrogens (tertiary/aromatic N) is 2. The van der Waals surface area contributed by atoms with Crippen LogP contribution in [-0.4, -0.2) is 52.5 Å². The quantitative estimate of drug-likeness (QED) is 0.628. The minimum Gasteiger partial charge on any atom is -0.481 e. The third-order valence-corrected chi connectivity index (χ3v) is 6.44. The highest BCUT2D eigenvalue weighted by molar-refractivity contribution is 7.92. The SMILES string of the molecule is COc1ccc(N(C(=O)CO[C@H]2C[C@@H](C)CC[C@@H]2C(C)C)S(C)(=O)=O)c(OC)n1. The molecule has 3 atom stereocenters. The molecule has 1 aromatic rings. The molecule has 0 aromatic carbocycles. The van der Waals surface area contributed by atoms with Crippen molar-refractivity contribution in [2.75, 3.05) is 31.4 Å². The third kappa shape index (κ3) is 5.82. The standard InChI is InChI=1S/C20H32N2O6S/c1-13(2)15-8-7-14(3)11-17(15)28-12-19(23)22(29(6,24)25)16-9-10-18(26-4)21-20(16)27-5/h9-10,13-15,17H,7-8,11-12H2,1-6H3/t14-,15+,17-/m0/s1. The molecular weight excluding hydrogens is 396 g/mol. The number of hydrogen-bond donors (Lipinski definition) is 0. The zero-order chi connectivity index (χ0) is 21.8. The number of amides is 1. The molecule has 0 radical (unpaired) electrons. The number of methoxy groups -OCH3 is 2. The molecule has 1 saturated carbocycles. The molecule has 2 rings (SSSR count). The normalized spacial score (nSPS) is 22.4. The lowest BCUT2D eigenvalue weighted by molar-refractivity contribution is -0.127. The number of carbonyl (C=O) groups is 1. The number of anilines is 1. The van der Waals surface area contributed by atoms with Crippen LogP contribution in [0.5, 0.6) is 11.8 Å². The fraction of sp³-hybridized carbons (Fsp3) is 0.700. The van der Waals surface area contributed by atoms with Gasteiger partial charge in [0, 0.05) is 6.07 Å². The van der Waals surface area contributed by atoms with Gasteiger partial charge in [-0.25, -0.2) is 8.42 Å². The van der Waals surface area contributed by atoms with Gasteiger partial charge in [-0.3, -0.25) is 4.79 Å². The molecule has 1 aromatic heterocycles. The van der Waals surface area contributed by atoms with E-state index >= 15 is 0 Å². The van der Waals surface area contributed by atoms with Gasteiger partial charge in [0.1, 0.15) is 12.3 Å². The van der Waals surface area contributed by atoms with Crippen LogP contribution in [0.1, 0.15) is 40.0 Å². The summed E-state index contributed by atoms with van der Waals surface area (Å²) in [7, 11) is -1.13. The summed E-state index contributed by atoms with van der Waals surface area (Å²) in [6.07, 6.45) is 3.95. The molecule has 1 amide bonds. The number of carbonyl (C=O) groups excluding carboxylic acids is 1. The predicted octanol–water partition coefficient (Wildman–Crippen LogP) is 2.87. The summed E-state index contributed by atoms with van der Waals surface area (Å²) in [4.78, 5) is 17.0. The highest BCUT2D eigenvalue weighted by atomic mass is 32.2. The lowest BCUT2D eigenvalue weighted by Gasteiger charge is -2.37. The zero-order valence-electron chi connectivity index (χ0n) is 18.0. The summed E-state index contributed by atoms with van der Waals surface area (Å²) in [6.45, 7) is 6.14. The molecule has 9 heteroatoms. The maximum absolute atomic E-state index is 12.9. The fourth-order valence-electron chi connectivity index (χ4n) is 3.88. The van der Waals surface area contributed by atoms with E-state index in [1.165, 1.54) is 26.4 Å². The molecule has 1 heterocycles. The van der Waals surface area contributed by atoms with E-state index in [1.807, 2.05) is 0 Å². The van der Waals surface area contributed by atoms with E-state index in [9.17, 15) is 13.2 Å². The van der Waals surface area contributed by atoms with E-state index in [-0.39, 0.29) is 30.2 Å². The molecule has 164 valence electrons. The van der Waals surface area contributed by atoms with Crippen LogP contribution >= 0.6 is 0 Å². The van der Waals surface area contributed by atoms with Gasteiger partial charge < -0.3 is 14.2 Å². The summed E-state index contributed by atoms with van der Waals surface area (Å²) >= 11 is 0.